The number of hydrogen-bond donors (Lipinski definition) is 2. The Morgan fingerprint density at radius 2 is 2.05 bits per heavy atom. The van der Waals surface area contributed by atoms with Gasteiger partial charge in [0.25, 0.3) is 0 Å². The summed E-state index contributed by atoms with van der Waals surface area (Å²) in [6.45, 7) is 0. The number of amides is 1. The third-order valence-electron chi connectivity index (χ3n) is 2.77. The molecule has 1 amide bonds. The average Bonchev–Trinajstić information content (AvgIpc) is 2.92. The fourth-order valence-electron chi connectivity index (χ4n) is 1.82. The number of nitrogens with two attached hydrogens (primary N) is 1. The minimum atomic E-state index is -0.510. The standard InChI is InChI=1S/C14H15N3O3/c1-19-11-5-3-9(7-12(11)20-2)14-10(8-16-17-14)4-6-13(15)18/h3-8H,1-2H3,(H2,15,18)(H,16,17)/b6-4-. The van der Waals surface area contributed by atoms with Crippen LogP contribution in [0.5, 0.6) is 11.5 Å². The zero-order valence-electron chi connectivity index (χ0n) is 11.2. The first-order valence-electron chi connectivity index (χ1n) is 5.89. The molecule has 104 valence electrons. The Hall–Kier alpha value is -2.76. The van der Waals surface area contributed by atoms with E-state index >= 15 is 0 Å². The molecule has 0 saturated heterocycles. The van der Waals surface area contributed by atoms with Crippen LogP contribution in [-0.4, -0.2) is 30.3 Å². The van der Waals surface area contributed by atoms with Crippen LogP contribution in [0.25, 0.3) is 17.3 Å². The van der Waals surface area contributed by atoms with Crippen molar-refractivity contribution in [1.29, 1.82) is 0 Å². The zero-order chi connectivity index (χ0) is 14.5. The van der Waals surface area contributed by atoms with Gasteiger partial charge in [0.2, 0.25) is 5.91 Å². The van der Waals surface area contributed by atoms with Crippen molar-refractivity contribution in [3.8, 4) is 22.8 Å². The lowest BCUT2D eigenvalue weighted by atomic mass is 10.1. The first-order valence-corrected chi connectivity index (χ1v) is 5.89. The van der Waals surface area contributed by atoms with Gasteiger partial charge in [-0.05, 0) is 24.3 Å². The van der Waals surface area contributed by atoms with Crippen LogP contribution in [-0.2, 0) is 4.79 Å². The van der Waals surface area contributed by atoms with Crippen molar-refractivity contribution in [2.75, 3.05) is 14.2 Å². The minimum absolute atomic E-state index is 0.510. The third-order valence-corrected chi connectivity index (χ3v) is 2.77. The normalized spacial score (nSPS) is 10.7. The molecule has 2 aromatic rings. The molecule has 0 fully saturated rings. The number of carbonyl (C=O) groups excluding carboxylic acids is 1. The summed E-state index contributed by atoms with van der Waals surface area (Å²) in [5.74, 6) is 0.749. The second-order valence-corrected chi connectivity index (χ2v) is 4.01. The van der Waals surface area contributed by atoms with Gasteiger partial charge in [-0.3, -0.25) is 9.89 Å². The Labute approximate surface area is 116 Å². The van der Waals surface area contributed by atoms with E-state index in [0.29, 0.717) is 11.5 Å². The van der Waals surface area contributed by atoms with Gasteiger partial charge in [0.1, 0.15) is 0 Å². The SMILES string of the molecule is COc1ccc(-c2[nH]ncc2/C=C\C(N)=O)cc1OC. The number of carbonyl (C=O) groups is 1. The molecular weight excluding hydrogens is 258 g/mol. The Morgan fingerprint density at radius 3 is 2.70 bits per heavy atom. The molecule has 0 unspecified atom stereocenters. The molecule has 1 heterocycles. The maximum Gasteiger partial charge on any atom is 0.241 e. The van der Waals surface area contributed by atoms with Crippen molar-refractivity contribution in [2.45, 2.75) is 0 Å². The van der Waals surface area contributed by atoms with E-state index in [1.807, 2.05) is 12.1 Å². The molecule has 0 aliphatic rings. The molecule has 0 aliphatic carbocycles. The Morgan fingerprint density at radius 1 is 1.30 bits per heavy atom. The van der Waals surface area contributed by atoms with Crippen molar-refractivity contribution >= 4 is 12.0 Å². The predicted octanol–water partition coefficient (Wildman–Crippen LogP) is 1.59. The maximum atomic E-state index is 10.8. The molecule has 0 atom stereocenters. The summed E-state index contributed by atoms with van der Waals surface area (Å²) in [6, 6.07) is 5.50. The van der Waals surface area contributed by atoms with Gasteiger partial charge in [-0.2, -0.15) is 5.10 Å². The van der Waals surface area contributed by atoms with Crippen LogP contribution < -0.4 is 15.2 Å². The smallest absolute Gasteiger partial charge is 0.241 e. The summed E-state index contributed by atoms with van der Waals surface area (Å²) in [6.07, 6.45) is 4.51. The van der Waals surface area contributed by atoms with E-state index in [4.69, 9.17) is 15.2 Å². The van der Waals surface area contributed by atoms with Gasteiger partial charge in [0, 0.05) is 17.2 Å². The van der Waals surface area contributed by atoms with Crippen molar-refractivity contribution in [2.24, 2.45) is 5.73 Å². The van der Waals surface area contributed by atoms with E-state index in [1.54, 1.807) is 32.6 Å². The monoisotopic (exact) mass is 273 g/mol. The topological polar surface area (TPSA) is 90.2 Å². The highest BCUT2D eigenvalue weighted by atomic mass is 16.5. The van der Waals surface area contributed by atoms with Crippen LogP contribution in [0.15, 0.2) is 30.5 Å². The van der Waals surface area contributed by atoms with Gasteiger partial charge >= 0.3 is 0 Å². The predicted molar refractivity (Wildman–Crippen MR) is 75.4 cm³/mol. The second kappa shape index (κ2) is 5.92. The Bertz CT molecular complexity index is 647. The molecule has 0 spiro atoms. The van der Waals surface area contributed by atoms with Crippen molar-refractivity contribution in [1.82, 2.24) is 10.2 Å². The largest absolute Gasteiger partial charge is 0.493 e. The van der Waals surface area contributed by atoms with E-state index in [1.165, 1.54) is 6.08 Å². The van der Waals surface area contributed by atoms with Gasteiger partial charge in [0.05, 0.1) is 26.1 Å². The fourth-order valence-corrected chi connectivity index (χ4v) is 1.82. The number of aromatic nitrogens is 2. The van der Waals surface area contributed by atoms with Crippen LogP contribution in [0.4, 0.5) is 0 Å². The van der Waals surface area contributed by atoms with E-state index < -0.39 is 5.91 Å². The van der Waals surface area contributed by atoms with Gasteiger partial charge in [-0.1, -0.05) is 0 Å². The van der Waals surface area contributed by atoms with Crippen molar-refractivity contribution < 1.29 is 14.3 Å². The molecule has 6 nitrogen and oxygen atoms in total. The maximum absolute atomic E-state index is 10.8. The molecule has 0 bridgehead atoms. The second-order valence-electron chi connectivity index (χ2n) is 4.01. The highest BCUT2D eigenvalue weighted by molar-refractivity contribution is 5.91. The van der Waals surface area contributed by atoms with Crippen molar-refractivity contribution in [3.63, 3.8) is 0 Å². The summed E-state index contributed by atoms with van der Waals surface area (Å²) in [5.41, 5.74) is 7.48. The first kappa shape index (κ1) is 13.7. The van der Waals surface area contributed by atoms with Crippen LogP contribution >= 0.6 is 0 Å². The summed E-state index contributed by atoms with van der Waals surface area (Å²) >= 11 is 0. The van der Waals surface area contributed by atoms with Crippen LogP contribution in [0.2, 0.25) is 0 Å². The molecule has 0 saturated carbocycles. The molecule has 1 aromatic carbocycles. The van der Waals surface area contributed by atoms with E-state index in [0.717, 1.165) is 16.8 Å². The number of hydrogen-bond acceptors (Lipinski definition) is 4. The first-order chi connectivity index (χ1) is 9.65. The molecule has 1 aromatic heterocycles. The van der Waals surface area contributed by atoms with Gasteiger partial charge < -0.3 is 15.2 Å². The molecular formula is C14H15N3O3. The average molecular weight is 273 g/mol. The summed E-state index contributed by atoms with van der Waals surface area (Å²) in [7, 11) is 3.15. The van der Waals surface area contributed by atoms with E-state index in [2.05, 4.69) is 10.2 Å². The van der Waals surface area contributed by atoms with Crippen LogP contribution in [0, 0.1) is 0 Å². The van der Waals surface area contributed by atoms with Gasteiger partial charge in [0.15, 0.2) is 11.5 Å². The molecule has 0 aliphatic heterocycles. The van der Waals surface area contributed by atoms with Crippen molar-refractivity contribution in [3.05, 3.63) is 36.0 Å². The summed E-state index contributed by atoms with van der Waals surface area (Å²) < 4.78 is 10.5. The molecule has 20 heavy (non-hydrogen) atoms. The van der Waals surface area contributed by atoms with Gasteiger partial charge in [-0.25, -0.2) is 0 Å². The number of nitrogens with zero attached hydrogens (tertiary/aromatic N) is 1. The number of ether oxygens (including phenoxy) is 2. The van der Waals surface area contributed by atoms with E-state index in [-0.39, 0.29) is 0 Å². The number of methoxy groups -OCH3 is 2. The lowest BCUT2D eigenvalue weighted by Gasteiger charge is -2.09. The number of benzene rings is 1. The summed E-state index contributed by atoms with van der Waals surface area (Å²) in [4.78, 5) is 10.8. The molecule has 6 heteroatoms. The fraction of sp³-hybridized carbons (Fsp3) is 0.143. The highest BCUT2D eigenvalue weighted by Gasteiger charge is 2.10. The number of aromatic amines is 1. The number of primary amides is 1. The number of H-pyrrole nitrogens is 1. The summed E-state index contributed by atoms with van der Waals surface area (Å²) in [5, 5.41) is 6.86. The third kappa shape index (κ3) is 2.80. The Balaban J connectivity index is 2.42. The minimum Gasteiger partial charge on any atom is -0.493 e. The molecule has 3 N–H and O–H groups in total. The zero-order valence-corrected chi connectivity index (χ0v) is 11.2. The van der Waals surface area contributed by atoms with E-state index in [9.17, 15) is 4.79 Å². The number of nitrogens with one attached hydrogen (secondary N) is 1. The van der Waals surface area contributed by atoms with Crippen LogP contribution in [0.1, 0.15) is 5.56 Å². The molecule has 0 radical (unpaired) electrons. The number of rotatable bonds is 5. The van der Waals surface area contributed by atoms with Crippen LogP contribution in [0.3, 0.4) is 0 Å². The Kier molecular flexibility index (Phi) is 4.05. The lowest BCUT2D eigenvalue weighted by molar-refractivity contribution is -0.113. The lowest BCUT2D eigenvalue weighted by Crippen LogP contribution is -2.05. The highest BCUT2D eigenvalue weighted by Crippen LogP contribution is 2.32. The molecule has 2 rings (SSSR count). The quantitative estimate of drug-likeness (QED) is 0.809. The van der Waals surface area contributed by atoms with Gasteiger partial charge in [-0.15, -0.1) is 0 Å².